The van der Waals surface area contributed by atoms with Gasteiger partial charge in [-0.25, -0.2) is 4.79 Å². The molecule has 4 atom stereocenters. The van der Waals surface area contributed by atoms with Crippen molar-refractivity contribution < 1.29 is 14.9 Å². The number of thiophene rings is 1. The van der Waals surface area contributed by atoms with Crippen molar-refractivity contribution in [1.29, 1.82) is 0 Å². The lowest BCUT2D eigenvalue weighted by atomic mass is 9.98. The first-order chi connectivity index (χ1) is 10.5. The number of H-pyrrole nitrogens is 1. The van der Waals surface area contributed by atoms with Crippen molar-refractivity contribution in [3.63, 3.8) is 0 Å². The van der Waals surface area contributed by atoms with Gasteiger partial charge in [-0.05, 0) is 18.4 Å². The number of hydrogen-bond donors (Lipinski definition) is 3. The van der Waals surface area contributed by atoms with E-state index < -0.39 is 35.6 Å². The summed E-state index contributed by atoms with van der Waals surface area (Å²) in [6, 6.07) is 3.69. The minimum atomic E-state index is -0.937. The summed E-state index contributed by atoms with van der Waals surface area (Å²) in [5, 5.41) is 21.6. The predicted octanol–water partition coefficient (Wildman–Crippen LogP) is -0.0591. The largest absolute Gasteiger partial charge is 0.394 e. The Morgan fingerprint density at radius 1 is 1.45 bits per heavy atom. The molecule has 1 saturated heterocycles. The predicted molar refractivity (Wildman–Crippen MR) is 80.1 cm³/mol. The maximum absolute atomic E-state index is 12.1. The first kappa shape index (κ1) is 15.2. The van der Waals surface area contributed by atoms with Gasteiger partial charge in [-0.15, -0.1) is 11.3 Å². The number of rotatable bonds is 3. The van der Waals surface area contributed by atoms with E-state index >= 15 is 0 Å². The number of aliphatic hydroxyl groups is 2. The van der Waals surface area contributed by atoms with Crippen LogP contribution >= 0.6 is 11.3 Å². The van der Waals surface area contributed by atoms with E-state index in [2.05, 4.69) is 4.98 Å². The lowest BCUT2D eigenvalue weighted by Crippen LogP contribution is -2.35. The minimum Gasteiger partial charge on any atom is -0.394 e. The average Bonchev–Trinajstić information content (AvgIpc) is 3.10. The van der Waals surface area contributed by atoms with Gasteiger partial charge in [0.25, 0.3) is 5.56 Å². The molecular formula is C14H16N2O5S. The molecule has 22 heavy (non-hydrogen) atoms. The summed E-state index contributed by atoms with van der Waals surface area (Å²) in [6.45, 7) is 1.24. The number of hydrogen-bond acceptors (Lipinski definition) is 6. The van der Waals surface area contributed by atoms with Crippen LogP contribution in [0.2, 0.25) is 0 Å². The van der Waals surface area contributed by atoms with Crippen LogP contribution in [0.25, 0.3) is 0 Å². The van der Waals surface area contributed by atoms with Crippen LogP contribution in [-0.2, 0) is 4.74 Å². The van der Waals surface area contributed by atoms with Crippen LogP contribution in [0.5, 0.6) is 0 Å². The number of aliphatic hydroxyl groups excluding tert-OH is 2. The number of aromatic amines is 1. The SMILES string of the molecule is Cc1cn(C2O[C@H](CO)[C@@H](O)C2c2cccs2)c(=O)[nH]c1=O. The highest BCUT2D eigenvalue weighted by atomic mass is 32.1. The molecule has 1 aliphatic rings. The summed E-state index contributed by atoms with van der Waals surface area (Å²) in [5.74, 6) is -0.486. The standard InChI is InChI=1S/C14H16N2O5S/c1-7-5-16(14(20)15-12(7)19)13-10(9-3-2-4-22-9)11(18)8(6-17)21-13/h2-5,8,10-11,13,17-18H,6H2,1H3,(H,15,19,20)/t8-,10?,11-,13?/m1/s1. The molecular weight excluding hydrogens is 308 g/mol. The Bertz CT molecular complexity index is 766. The van der Waals surface area contributed by atoms with Crippen molar-refractivity contribution in [2.24, 2.45) is 0 Å². The van der Waals surface area contributed by atoms with Crippen LogP contribution in [-0.4, -0.2) is 38.6 Å². The van der Waals surface area contributed by atoms with Gasteiger partial charge >= 0.3 is 5.69 Å². The van der Waals surface area contributed by atoms with E-state index in [1.165, 1.54) is 22.1 Å². The van der Waals surface area contributed by atoms with Gasteiger partial charge in [0.1, 0.15) is 12.3 Å². The molecule has 0 aromatic carbocycles. The molecule has 2 unspecified atom stereocenters. The highest BCUT2D eigenvalue weighted by Gasteiger charge is 2.46. The zero-order valence-corrected chi connectivity index (χ0v) is 12.6. The Labute approximate surface area is 129 Å². The molecule has 1 aliphatic heterocycles. The zero-order chi connectivity index (χ0) is 15.9. The molecule has 7 nitrogen and oxygen atoms in total. The van der Waals surface area contributed by atoms with E-state index in [0.29, 0.717) is 5.56 Å². The minimum absolute atomic E-state index is 0.351. The molecule has 3 heterocycles. The van der Waals surface area contributed by atoms with E-state index in [4.69, 9.17) is 4.74 Å². The molecule has 0 bridgehead atoms. The van der Waals surface area contributed by atoms with Crippen molar-refractivity contribution in [3.8, 4) is 0 Å². The van der Waals surface area contributed by atoms with E-state index in [1.807, 2.05) is 17.5 Å². The second-order valence-electron chi connectivity index (χ2n) is 5.26. The second-order valence-corrected chi connectivity index (χ2v) is 6.24. The van der Waals surface area contributed by atoms with Gasteiger partial charge in [-0.3, -0.25) is 14.3 Å². The van der Waals surface area contributed by atoms with Gasteiger partial charge in [0.2, 0.25) is 0 Å². The van der Waals surface area contributed by atoms with Crippen LogP contribution in [0.15, 0.2) is 33.3 Å². The quantitative estimate of drug-likeness (QED) is 0.734. The van der Waals surface area contributed by atoms with Gasteiger partial charge in [-0.2, -0.15) is 0 Å². The van der Waals surface area contributed by atoms with Crippen molar-refractivity contribution in [2.75, 3.05) is 6.61 Å². The Morgan fingerprint density at radius 3 is 2.86 bits per heavy atom. The summed E-state index contributed by atoms with van der Waals surface area (Å²) in [4.78, 5) is 26.7. The normalized spacial score (nSPS) is 28.1. The van der Waals surface area contributed by atoms with E-state index in [-0.39, 0.29) is 6.61 Å². The molecule has 8 heteroatoms. The highest BCUT2D eigenvalue weighted by molar-refractivity contribution is 7.10. The second kappa shape index (κ2) is 5.81. The van der Waals surface area contributed by atoms with Crippen molar-refractivity contribution in [2.45, 2.75) is 31.3 Å². The summed E-state index contributed by atoms with van der Waals surface area (Å²) < 4.78 is 6.93. The van der Waals surface area contributed by atoms with Crippen LogP contribution < -0.4 is 11.2 Å². The van der Waals surface area contributed by atoms with E-state index in [1.54, 1.807) is 6.92 Å². The first-order valence-corrected chi connectivity index (χ1v) is 7.70. The van der Waals surface area contributed by atoms with Gasteiger partial charge in [0.05, 0.1) is 18.6 Å². The van der Waals surface area contributed by atoms with Gasteiger partial charge < -0.3 is 14.9 Å². The average molecular weight is 324 g/mol. The number of aryl methyl sites for hydroxylation is 1. The maximum Gasteiger partial charge on any atom is 0.330 e. The van der Waals surface area contributed by atoms with Crippen LogP contribution in [0.4, 0.5) is 0 Å². The third-order valence-corrected chi connectivity index (χ3v) is 4.82. The Balaban J connectivity index is 2.09. The molecule has 2 aromatic heterocycles. The molecule has 3 N–H and O–H groups in total. The van der Waals surface area contributed by atoms with Crippen LogP contribution in [0, 0.1) is 6.92 Å². The fraction of sp³-hybridized carbons (Fsp3) is 0.429. The first-order valence-electron chi connectivity index (χ1n) is 6.82. The lowest BCUT2D eigenvalue weighted by Gasteiger charge is -2.21. The molecule has 2 aromatic rings. The Morgan fingerprint density at radius 2 is 2.23 bits per heavy atom. The van der Waals surface area contributed by atoms with E-state index in [9.17, 15) is 19.8 Å². The fourth-order valence-electron chi connectivity index (χ4n) is 2.70. The number of aromatic nitrogens is 2. The van der Waals surface area contributed by atoms with Gasteiger partial charge in [0.15, 0.2) is 0 Å². The molecule has 0 saturated carbocycles. The van der Waals surface area contributed by atoms with Gasteiger partial charge in [-0.1, -0.05) is 6.07 Å². The number of nitrogens with one attached hydrogen (secondary N) is 1. The van der Waals surface area contributed by atoms with Crippen LogP contribution in [0.1, 0.15) is 22.6 Å². The Hall–Kier alpha value is -1.74. The monoisotopic (exact) mass is 324 g/mol. The summed E-state index contributed by atoms with van der Waals surface area (Å²) in [5.41, 5.74) is -0.686. The van der Waals surface area contributed by atoms with E-state index in [0.717, 1.165) is 4.88 Å². The third-order valence-electron chi connectivity index (χ3n) is 3.84. The zero-order valence-electron chi connectivity index (χ0n) is 11.8. The summed E-state index contributed by atoms with van der Waals surface area (Å²) >= 11 is 1.44. The maximum atomic E-state index is 12.1. The molecule has 0 amide bonds. The lowest BCUT2D eigenvalue weighted by molar-refractivity contribution is -0.0466. The van der Waals surface area contributed by atoms with Crippen molar-refractivity contribution >= 4 is 11.3 Å². The highest BCUT2D eigenvalue weighted by Crippen LogP contribution is 2.42. The summed E-state index contributed by atoms with van der Waals surface area (Å²) in [6.07, 6.45) is -1.09. The topological polar surface area (TPSA) is 105 Å². The van der Waals surface area contributed by atoms with Crippen LogP contribution in [0.3, 0.4) is 0 Å². The Kier molecular flexibility index (Phi) is 4.00. The molecule has 0 aliphatic carbocycles. The molecule has 1 fully saturated rings. The number of ether oxygens (including phenoxy) is 1. The smallest absolute Gasteiger partial charge is 0.330 e. The molecule has 0 spiro atoms. The summed E-state index contributed by atoms with van der Waals surface area (Å²) in [7, 11) is 0. The third kappa shape index (κ3) is 2.44. The van der Waals surface area contributed by atoms with Crippen molar-refractivity contribution in [1.82, 2.24) is 9.55 Å². The van der Waals surface area contributed by atoms with Crippen molar-refractivity contribution in [3.05, 3.63) is 55.0 Å². The van der Waals surface area contributed by atoms with Gasteiger partial charge in [0, 0.05) is 16.6 Å². The number of nitrogens with zero attached hydrogens (tertiary/aromatic N) is 1. The fourth-order valence-corrected chi connectivity index (χ4v) is 3.58. The molecule has 118 valence electrons. The molecule has 0 radical (unpaired) electrons. The molecule has 3 rings (SSSR count).